The van der Waals surface area contributed by atoms with Gasteiger partial charge in [0.15, 0.2) is 5.15 Å². The Morgan fingerprint density at radius 2 is 1.82 bits per heavy atom. The summed E-state index contributed by atoms with van der Waals surface area (Å²) in [6, 6.07) is 8.71. The highest BCUT2D eigenvalue weighted by Gasteiger charge is 2.30. The first-order valence-corrected chi connectivity index (χ1v) is 6.42. The van der Waals surface area contributed by atoms with E-state index in [1.807, 2.05) is 0 Å². The van der Waals surface area contributed by atoms with Crippen LogP contribution in [0, 0.1) is 0 Å². The van der Waals surface area contributed by atoms with Crippen LogP contribution in [0.15, 0.2) is 36.4 Å². The molecule has 0 radical (unpaired) electrons. The maximum atomic E-state index is 12.1. The van der Waals surface area contributed by atoms with Crippen molar-refractivity contribution in [1.29, 1.82) is 0 Å². The van der Waals surface area contributed by atoms with Crippen molar-refractivity contribution in [3.63, 3.8) is 0 Å². The van der Waals surface area contributed by atoms with E-state index < -0.39 is 6.36 Å². The van der Waals surface area contributed by atoms with Crippen LogP contribution < -0.4 is 10.1 Å². The molecular weight excluding hydrogens is 321 g/mol. The van der Waals surface area contributed by atoms with Crippen LogP contribution in [0.3, 0.4) is 0 Å². The minimum Gasteiger partial charge on any atom is -0.406 e. The summed E-state index contributed by atoms with van der Waals surface area (Å²) in [6.45, 7) is 0. The summed E-state index contributed by atoms with van der Waals surface area (Å²) in [5.41, 5.74) is 1.68. The van der Waals surface area contributed by atoms with Crippen molar-refractivity contribution in [2.75, 3.05) is 5.32 Å². The minimum absolute atomic E-state index is 0.292. The zero-order valence-corrected chi connectivity index (χ0v) is 11.5. The van der Waals surface area contributed by atoms with E-state index in [4.69, 9.17) is 11.6 Å². The van der Waals surface area contributed by atoms with Crippen molar-refractivity contribution in [2.24, 2.45) is 0 Å². The van der Waals surface area contributed by atoms with E-state index in [2.05, 4.69) is 25.2 Å². The Kier molecular flexibility index (Phi) is 3.53. The van der Waals surface area contributed by atoms with E-state index in [1.54, 1.807) is 12.1 Å². The predicted octanol–water partition coefficient (Wildman–Crippen LogP) is 4.25. The Balaban J connectivity index is 1.78. The Morgan fingerprint density at radius 1 is 1.09 bits per heavy atom. The molecule has 0 amide bonds. The molecule has 0 fully saturated rings. The molecule has 0 saturated carbocycles. The number of alkyl halides is 3. The van der Waals surface area contributed by atoms with Crippen LogP contribution in [0.5, 0.6) is 5.75 Å². The number of fused-ring (bicyclic) bond motifs is 1. The molecule has 0 saturated heterocycles. The van der Waals surface area contributed by atoms with Gasteiger partial charge in [-0.25, -0.2) is 4.98 Å². The smallest absolute Gasteiger partial charge is 0.406 e. The summed E-state index contributed by atoms with van der Waals surface area (Å²) >= 11 is 5.90. The van der Waals surface area contributed by atoms with Crippen molar-refractivity contribution in [3.05, 3.63) is 41.6 Å². The van der Waals surface area contributed by atoms with Gasteiger partial charge in [-0.3, -0.25) is 5.10 Å². The van der Waals surface area contributed by atoms with E-state index in [9.17, 15) is 13.2 Å². The third kappa shape index (κ3) is 3.22. The lowest BCUT2D eigenvalue weighted by Crippen LogP contribution is -2.16. The molecule has 0 aliphatic heterocycles. The van der Waals surface area contributed by atoms with Crippen LogP contribution in [-0.4, -0.2) is 21.5 Å². The Bertz CT molecular complexity index is 801. The second-order valence-corrected chi connectivity index (χ2v) is 4.68. The highest BCUT2D eigenvalue weighted by molar-refractivity contribution is 6.33. The fourth-order valence-corrected chi connectivity index (χ4v) is 2.00. The van der Waals surface area contributed by atoms with Gasteiger partial charge in [-0.05, 0) is 36.4 Å². The number of ether oxygens (including phenoxy) is 1. The average molecular weight is 329 g/mol. The Hall–Kier alpha value is -2.48. The van der Waals surface area contributed by atoms with Crippen LogP contribution >= 0.6 is 11.6 Å². The average Bonchev–Trinajstić information content (AvgIpc) is 2.81. The van der Waals surface area contributed by atoms with Gasteiger partial charge < -0.3 is 10.1 Å². The van der Waals surface area contributed by atoms with Crippen LogP contribution in [0.1, 0.15) is 0 Å². The molecule has 2 N–H and O–H groups in total. The van der Waals surface area contributed by atoms with Gasteiger partial charge in [0.1, 0.15) is 22.6 Å². The first kappa shape index (κ1) is 14.5. The van der Waals surface area contributed by atoms with Crippen molar-refractivity contribution >= 4 is 34.1 Å². The van der Waals surface area contributed by atoms with Gasteiger partial charge in [0.2, 0.25) is 0 Å². The number of nitrogens with one attached hydrogen (secondary N) is 2. The fraction of sp³-hybridized carbons (Fsp3) is 0.0769. The van der Waals surface area contributed by atoms with Crippen molar-refractivity contribution in [3.8, 4) is 5.75 Å². The lowest BCUT2D eigenvalue weighted by atomic mass is 10.3. The lowest BCUT2D eigenvalue weighted by Gasteiger charge is -2.10. The predicted molar refractivity (Wildman–Crippen MR) is 75.3 cm³/mol. The highest BCUT2D eigenvalue weighted by atomic mass is 35.5. The molecule has 22 heavy (non-hydrogen) atoms. The summed E-state index contributed by atoms with van der Waals surface area (Å²) in [4.78, 5) is 4.26. The number of hydrogen-bond acceptors (Lipinski definition) is 4. The minimum atomic E-state index is -4.71. The Labute approximate surface area is 127 Å². The molecule has 0 aliphatic rings. The number of H-pyrrole nitrogens is 1. The normalized spacial score (nSPS) is 11.6. The van der Waals surface area contributed by atoms with E-state index in [0.717, 1.165) is 0 Å². The van der Waals surface area contributed by atoms with Crippen LogP contribution in [-0.2, 0) is 0 Å². The molecule has 0 atom stereocenters. The maximum Gasteiger partial charge on any atom is 0.573 e. The van der Waals surface area contributed by atoms with Crippen molar-refractivity contribution in [2.45, 2.75) is 6.36 Å². The summed E-state index contributed by atoms with van der Waals surface area (Å²) < 4.78 is 40.0. The number of benzene rings is 1. The zero-order valence-electron chi connectivity index (χ0n) is 10.8. The van der Waals surface area contributed by atoms with E-state index >= 15 is 0 Å². The second kappa shape index (κ2) is 5.38. The largest absolute Gasteiger partial charge is 0.573 e. The second-order valence-electron chi connectivity index (χ2n) is 4.30. The molecule has 1 aromatic carbocycles. The summed E-state index contributed by atoms with van der Waals surface area (Å²) in [7, 11) is 0. The number of anilines is 2. The molecule has 0 aliphatic carbocycles. The molecule has 0 spiro atoms. The van der Waals surface area contributed by atoms with Crippen molar-refractivity contribution < 1.29 is 17.9 Å². The first-order chi connectivity index (χ1) is 10.4. The van der Waals surface area contributed by atoms with Gasteiger partial charge in [0, 0.05) is 5.69 Å². The molecule has 9 heteroatoms. The lowest BCUT2D eigenvalue weighted by molar-refractivity contribution is -0.274. The molecule has 2 heterocycles. The van der Waals surface area contributed by atoms with E-state index in [-0.39, 0.29) is 5.75 Å². The molecule has 5 nitrogen and oxygen atoms in total. The molecule has 2 aromatic heterocycles. The molecule has 114 valence electrons. The number of nitrogens with zero attached hydrogens (tertiary/aromatic N) is 2. The van der Waals surface area contributed by atoms with Gasteiger partial charge >= 0.3 is 6.36 Å². The number of aromatic amines is 1. The van der Waals surface area contributed by atoms with Crippen LogP contribution in [0.25, 0.3) is 11.0 Å². The van der Waals surface area contributed by atoms with Gasteiger partial charge in [0.25, 0.3) is 0 Å². The van der Waals surface area contributed by atoms with Crippen molar-refractivity contribution in [1.82, 2.24) is 15.2 Å². The fourth-order valence-electron chi connectivity index (χ4n) is 1.82. The maximum absolute atomic E-state index is 12.1. The SMILES string of the molecule is FC(F)(F)Oc1ccc(Nc2ccc3n[nH]c(Cl)c3n2)cc1. The van der Waals surface area contributed by atoms with E-state index in [0.29, 0.717) is 27.7 Å². The molecule has 3 rings (SSSR count). The topological polar surface area (TPSA) is 62.8 Å². The molecule has 0 bridgehead atoms. The third-order valence-corrected chi connectivity index (χ3v) is 2.98. The standard InChI is InChI=1S/C13H8ClF3N4O/c14-12-11-9(20-21-12)5-6-10(19-11)18-7-1-3-8(4-2-7)22-13(15,16)17/h1-6H,(H,18,19)(H,20,21). The number of pyridine rings is 1. The number of aromatic nitrogens is 3. The monoisotopic (exact) mass is 328 g/mol. The number of rotatable bonds is 3. The highest BCUT2D eigenvalue weighted by Crippen LogP contribution is 2.26. The van der Waals surface area contributed by atoms with E-state index in [1.165, 1.54) is 24.3 Å². The van der Waals surface area contributed by atoms with Gasteiger partial charge in [-0.1, -0.05) is 11.6 Å². The van der Waals surface area contributed by atoms with Gasteiger partial charge in [-0.15, -0.1) is 13.2 Å². The summed E-state index contributed by atoms with van der Waals surface area (Å²) in [5, 5.41) is 9.81. The summed E-state index contributed by atoms with van der Waals surface area (Å²) in [5.74, 6) is 0.194. The number of hydrogen-bond donors (Lipinski definition) is 2. The van der Waals surface area contributed by atoms with Crippen LogP contribution in [0.4, 0.5) is 24.7 Å². The Morgan fingerprint density at radius 3 is 2.50 bits per heavy atom. The zero-order chi connectivity index (χ0) is 15.7. The molecule has 0 unspecified atom stereocenters. The molecular formula is C13H8ClF3N4O. The third-order valence-electron chi connectivity index (χ3n) is 2.72. The van der Waals surface area contributed by atoms with Crippen LogP contribution in [0.2, 0.25) is 5.15 Å². The quantitative estimate of drug-likeness (QED) is 0.754. The van der Waals surface area contributed by atoms with Gasteiger partial charge in [-0.2, -0.15) is 5.10 Å². The summed E-state index contributed by atoms with van der Waals surface area (Å²) in [6.07, 6.45) is -4.71. The molecule has 3 aromatic rings. The first-order valence-electron chi connectivity index (χ1n) is 6.04. The number of halogens is 4. The van der Waals surface area contributed by atoms with Gasteiger partial charge in [0.05, 0.1) is 0 Å².